The fourth-order valence-electron chi connectivity index (χ4n) is 1.56. The first-order valence-corrected chi connectivity index (χ1v) is 5.61. The number of nitrogens with zero attached hydrogens (tertiary/aromatic N) is 3. The number of hydrogen-bond donors (Lipinski definition) is 0. The third kappa shape index (κ3) is 3.48. The lowest BCUT2D eigenvalue weighted by Crippen LogP contribution is -2.04. The van der Waals surface area contributed by atoms with Crippen LogP contribution in [0.15, 0.2) is 6.20 Å². The first kappa shape index (κ1) is 11.2. The van der Waals surface area contributed by atoms with Gasteiger partial charge < -0.3 is 0 Å². The minimum Gasteiger partial charge on any atom is -0.249 e. The van der Waals surface area contributed by atoms with E-state index in [0.717, 1.165) is 18.9 Å². The standard InChI is InChI=1S/C11H21N3/c1-4-11-9-12-13-14(11)8-6-5-7-10(2)3/h9-10H,4-8H2,1-3H3. The molecule has 0 atom stereocenters. The molecule has 0 fully saturated rings. The molecule has 0 saturated carbocycles. The van der Waals surface area contributed by atoms with Crippen LogP contribution in [0.25, 0.3) is 0 Å². The molecule has 0 aliphatic carbocycles. The maximum absolute atomic E-state index is 4.07. The molecule has 1 heterocycles. The Balaban J connectivity index is 2.24. The fourth-order valence-corrected chi connectivity index (χ4v) is 1.56. The van der Waals surface area contributed by atoms with Crippen LogP contribution in [0.3, 0.4) is 0 Å². The molecule has 0 bridgehead atoms. The first-order chi connectivity index (χ1) is 6.74. The van der Waals surface area contributed by atoms with Crippen molar-refractivity contribution in [3.8, 4) is 0 Å². The minimum atomic E-state index is 0.816. The zero-order chi connectivity index (χ0) is 10.4. The summed E-state index contributed by atoms with van der Waals surface area (Å²) in [6, 6.07) is 0. The number of unbranched alkanes of at least 4 members (excludes halogenated alkanes) is 1. The molecule has 1 aromatic heterocycles. The second-order valence-electron chi connectivity index (χ2n) is 4.19. The topological polar surface area (TPSA) is 30.7 Å². The van der Waals surface area contributed by atoms with E-state index in [1.807, 2.05) is 10.9 Å². The van der Waals surface area contributed by atoms with Gasteiger partial charge in [0.2, 0.25) is 0 Å². The molecular weight excluding hydrogens is 174 g/mol. The molecule has 0 spiro atoms. The molecule has 3 nitrogen and oxygen atoms in total. The van der Waals surface area contributed by atoms with E-state index < -0.39 is 0 Å². The summed E-state index contributed by atoms with van der Waals surface area (Å²) in [5.74, 6) is 0.816. The van der Waals surface area contributed by atoms with E-state index in [1.165, 1.54) is 25.0 Å². The summed E-state index contributed by atoms with van der Waals surface area (Å²) in [6.07, 6.45) is 6.71. The van der Waals surface area contributed by atoms with Crippen LogP contribution < -0.4 is 0 Å². The van der Waals surface area contributed by atoms with Gasteiger partial charge in [0.05, 0.1) is 11.9 Å². The lowest BCUT2D eigenvalue weighted by molar-refractivity contribution is 0.478. The zero-order valence-corrected chi connectivity index (χ0v) is 9.53. The van der Waals surface area contributed by atoms with Crippen molar-refractivity contribution in [1.29, 1.82) is 0 Å². The summed E-state index contributed by atoms with van der Waals surface area (Å²) >= 11 is 0. The van der Waals surface area contributed by atoms with Crippen LogP contribution in [0, 0.1) is 5.92 Å². The minimum absolute atomic E-state index is 0.816. The van der Waals surface area contributed by atoms with Crippen molar-refractivity contribution >= 4 is 0 Å². The Kier molecular flexibility index (Phi) is 4.63. The summed E-state index contributed by atoms with van der Waals surface area (Å²) in [5.41, 5.74) is 1.24. The van der Waals surface area contributed by atoms with Gasteiger partial charge in [0.15, 0.2) is 0 Å². The predicted molar refractivity (Wildman–Crippen MR) is 58.1 cm³/mol. The monoisotopic (exact) mass is 195 g/mol. The molecule has 0 radical (unpaired) electrons. The maximum Gasteiger partial charge on any atom is 0.0725 e. The van der Waals surface area contributed by atoms with Crippen molar-refractivity contribution < 1.29 is 0 Å². The van der Waals surface area contributed by atoms with E-state index in [0.29, 0.717) is 0 Å². The molecular formula is C11H21N3. The van der Waals surface area contributed by atoms with Crippen LogP contribution in [0.2, 0.25) is 0 Å². The molecule has 0 aromatic carbocycles. The molecule has 3 heteroatoms. The van der Waals surface area contributed by atoms with Crippen molar-refractivity contribution in [2.24, 2.45) is 5.92 Å². The lowest BCUT2D eigenvalue weighted by Gasteiger charge is -2.05. The van der Waals surface area contributed by atoms with Crippen LogP contribution in [-0.4, -0.2) is 15.0 Å². The average molecular weight is 195 g/mol. The maximum atomic E-state index is 4.07. The van der Waals surface area contributed by atoms with Crippen LogP contribution in [0.1, 0.15) is 45.7 Å². The Hall–Kier alpha value is -0.860. The summed E-state index contributed by atoms with van der Waals surface area (Å²) < 4.78 is 2.03. The van der Waals surface area contributed by atoms with Crippen molar-refractivity contribution in [3.63, 3.8) is 0 Å². The highest BCUT2D eigenvalue weighted by molar-refractivity contribution is 4.92. The summed E-state index contributed by atoms with van der Waals surface area (Å²) in [5, 5.41) is 7.99. The van der Waals surface area contributed by atoms with Gasteiger partial charge in [0.25, 0.3) is 0 Å². The molecule has 0 amide bonds. The van der Waals surface area contributed by atoms with Crippen molar-refractivity contribution in [1.82, 2.24) is 15.0 Å². The van der Waals surface area contributed by atoms with Gasteiger partial charge in [-0.1, -0.05) is 38.8 Å². The van der Waals surface area contributed by atoms with E-state index in [2.05, 4.69) is 31.1 Å². The molecule has 14 heavy (non-hydrogen) atoms. The van der Waals surface area contributed by atoms with Gasteiger partial charge in [-0.15, -0.1) is 5.10 Å². The van der Waals surface area contributed by atoms with Gasteiger partial charge in [0.1, 0.15) is 0 Å². The fraction of sp³-hybridized carbons (Fsp3) is 0.818. The van der Waals surface area contributed by atoms with Gasteiger partial charge >= 0.3 is 0 Å². The largest absolute Gasteiger partial charge is 0.249 e. The SMILES string of the molecule is CCc1cnnn1CCCCC(C)C. The third-order valence-electron chi connectivity index (χ3n) is 2.46. The summed E-state index contributed by atoms with van der Waals surface area (Å²) in [4.78, 5) is 0. The van der Waals surface area contributed by atoms with E-state index in [4.69, 9.17) is 0 Å². The molecule has 0 N–H and O–H groups in total. The Bertz CT molecular complexity index is 253. The number of aromatic nitrogens is 3. The van der Waals surface area contributed by atoms with Crippen LogP contribution in [0.4, 0.5) is 0 Å². The Labute approximate surface area is 86.5 Å². The van der Waals surface area contributed by atoms with Crippen LogP contribution >= 0.6 is 0 Å². The number of aryl methyl sites for hydroxylation is 2. The molecule has 0 unspecified atom stereocenters. The quantitative estimate of drug-likeness (QED) is 0.653. The lowest BCUT2D eigenvalue weighted by atomic mass is 10.1. The van der Waals surface area contributed by atoms with E-state index in [9.17, 15) is 0 Å². The predicted octanol–water partition coefficient (Wildman–Crippen LogP) is 2.67. The highest BCUT2D eigenvalue weighted by Gasteiger charge is 2.01. The smallest absolute Gasteiger partial charge is 0.0725 e. The molecule has 0 aliphatic rings. The Morgan fingerprint density at radius 2 is 2.14 bits per heavy atom. The van der Waals surface area contributed by atoms with Gasteiger partial charge in [0, 0.05) is 6.54 Å². The number of rotatable bonds is 6. The molecule has 80 valence electrons. The molecule has 1 aromatic rings. The van der Waals surface area contributed by atoms with Gasteiger partial charge in [-0.05, 0) is 18.8 Å². The second kappa shape index (κ2) is 5.78. The number of hydrogen-bond acceptors (Lipinski definition) is 2. The van der Waals surface area contributed by atoms with E-state index in [-0.39, 0.29) is 0 Å². The van der Waals surface area contributed by atoms with Crippen molar-refractivity contribution in [3.05, 3.63) is 11.9 Å². The highest BCUT2D eigenvalue weighted by Crippen LogP contribution is 2.08. The van der Waals surface area contributed by atoms with E-state index >= 15 is 0 Å². The third-order valence-corrected chi connectivity index (χ3v) is 2.46. The average Bonchev–Trinajstić information content (AvgIpc) is 2.59. The zero-order valence-electron chi connectivity index (χ0n) is 9.53. The Morgan fingerprint density at radius 1 is 1.36 bits per heavy atom. The van der Waals surface area contributed by atoms with Crippen LogP contribution in [0.5, 0.6) is 0 Å². The molecule has 1 rings (SSSR count). The van der Waals surface area contributed by atoms with Gasteiger partial charge in [-0.25, -0.2) is 4.68 Å². The molecule has 0 aliphatic heterocycles. The van der Waals surface area contributed by atoms with Crippen molar-refractivity contribution in [2.75, 3.05) is 0 Å². The second-order valence-corrected chi connectivity index (χ2v) is 4.19. The Morgan fingerprint density at radius 3 is 2.79 bits per heavy atom. The molecule has 0 saturated heterocycles. The van der Waals surface area contributed by atoms with E-state index in [1.54, 1.807) is 0 Å². The van der Waals surface area contributed by atoms with Crippen LogP contribution in [-0.2, 0) is 13.0 Å². The summed E-state index contributed by atoms with van der Waals surface area (Å²) in [7, 11) is 0. The van der Waals surface area contributed by atoms with Gasteiger partial charge in [-0.3, -0.25) is 0 Å². The van der Waals surface area contributed by atoms with Crippen molar-refractivity contribution in [2.45, 2.75) is 53.0 Å². The normalized spacial score (nSPS) is 11.1. The first-order valence-electron chi connectivity index (χ1n) is 5.61. The van der Waals surface area contributed by atoms with Gasteiger partial charge in [-0.2, -0.15) is 0 Å². The summed E-state index contributed by atoms with van der Waals surface area (Å²) in [6.45, 7) is 7.71. The highest BCUT2D eigenvalue weighted by atomic mass is 15.4.